The van der Waals surface area contributed by atoms with E-state index >= 15 is 0 Å². The van der Waals surface area contributed by atoms with E-state index in [1.165, 1.54) is 4.90 Å². The summed E-state index contributed by atoms with van der Waals surface area (Å²) in [5.74, 6) is -6.13. The van der Waals surface area contributed by atoms with E-state index in [2.05, 4.69) is 13.8 Å². The number of quaternary nitrogens is 1. The standard InChI is InChI=1S/C8H19NO3S.C3HF7/c1-3-5-9(6-4-2)7-8-13(10,11)12;4-1(5)2(6,7)3(8,9)10/h3-8H2,1-2H3,(H,10,11,12);1H. The van der Waals surface area contributed by atoms with Crippen molar-refractivity contribution >= 4 is 10.1 Å². The molecule has 0 aliphatic carbocycles. The maximum atomic E-state index is 11.2. The zero-order valence-corrected chi connectivity index (χ0v) is 13.4. The van der Waals surface area contributed by atoms with Gasteiger partial charge in [-0.25, -0.2) is 17.2 Å². The smallest absolute Gasteiger partial charge is 0.459 e. The average molecular weight is 379 g/mol. The summed E-state index contributed by atoms with van der Waals surface area (Å²) < 4.78 is 108. The van der Waals surface area contributed by atoms with Crippen molar-refractivity contribution < 1.29 is 48.6 Å². The lowest BCUT2D eigenvalue weighted by molar-refractivity contribution is -0.897. The van der Waals surface area contributed by atoms with E-state index in [1.807, 2.05) is 0 Å². The Kier molecular flexibility index (Phi) is 11.0. The van der Waals surface area contributed by atoms with Crippen molar-refractivity contribution in [1.29, 1.82) is 0 Å². The van der Waals surface area contributed by atoms with Crippen LogP contribution in [0.3, 0.4) is 0 Å². The van der Waals surface area contributed by atoms with Gasteiger partial charge in [-0.15, -0.1) is 0 Å². The molecule has 0 atom stereocenters. The Morgan fingerprint density at radius 3 is 1.52 bits per heavy atom. The van der Waals surface area contributed by atoms with Crippen LogP contribution in [0, 0.1) is 0 Å². The number of hydrogen-bond acceptors (Lipinski definition) is 3. The van der Waals surface area contributed by atoms with Gasteiger partial charge >= 0.3 is 18.5 Å². The van der Waals surface area contributed by atoms with Gasteiger partial charge in [0.25, 0.3) is 0 Å². The summed E-state index contributed by atoms with van der Waals surface area (Å²) in [4.78, 5) is 1.21. The highest BCUT2D eigenvalue weighted by Crippen LogP contribution is 2.39. The molecule has 0 amide bonds. The highest BCUT2D eigenvalue weighted by Gasteiger charge is 2.64. The number of hydrogen-bond donors (Lipinski definition) is 1. The molecule has 0 saturated carbocycles. The first-order valence-corrected chi connectivity index (χ1v) is 8.26. The fraction of sp³-hybridized carbons (Fsp3) is 1.00. The van der Waals surface area contributed by atoms with E-state index in [4.69, 9.17) is 0 Å². The minimum absolute atomic E-state index is 0.234. The van der Waals surface area contributed by atoms with Crippen molar-refractivity contribution in [2.75, 3.05) is 25.4 Å². The van der Waals surface area contributed by atoms with Gasteiger partial charge < -0.3 is 9.45 Å². The molecule has 23 heavy (non-hydrogen) atoms. The van der Waals surface area contributed by atoms with Crippen LogP contribution in [-0.4, -0.2) is 56.9 Å². The number of alkyl halides is 7. The molecule has 4 nitrogen and oxygen atoms in total. The van der Waals surface area contributed by atoms with Gasteiger partial charge in [0, 0.05) is 0 Å². The molecule has 0 unspecified atom stereocenters. The van der Waals surface area contributed by atoms with Gasteiger partial charge in [0.2, 0.25) is 0 Å². The Morgan fingerprint density at radius 2 is 1.35 bits per heavy atom. The fourth-order valence-electron chi connectivity index (χ4n) is 1.48. The minimum Gasteiger partial charge on any atom is -0.748 e. The van der Waals surface area contributed by atoms with Gasteiger partial charge in [-0.3, -0.25) is 0 Å². The summed E-state index contributed by atoms with van der Waals surface area (Å²) in [6, 6.07) is 0. The second-order valence-electron chi connectivity index (χ2n) is 4.68. The van der Waals surface area contributed by atoms with Crippen LogP contribution in [0.5, 0.6) is 0 Å². The van der Waals surface area contributed by atoms with Crippen molar-refractivity contribution in [3.05, 3.63) is 0 Å². The Hall–Kier alpha value is -0.620. The first-order chi connectivity index (χ1) is 10.2. The van der Waals surface area contributed by atoms with Crippen molar-refractivity contribution in [3.63, 3.8) is 0 Å². The topological polar surface area (TPSA) is 61.6 Å². The summed E-state index contributed by atoms with van der Waals surface area (Å²) in [5, 5.41) is 0. The third kappa shape index (κ3) is 11.5. The predicted octanol–water partition coefficient (Wildman–Crippen LogP) is 1.69. The molecule has 0 fully saturated rings. The van der Waals surface area contributed by atoms with E-state index in [-0.39, 0.29) is 5.75 Å². The lowest BCUT2D eigenvalue weighted by atomic mass is 10.3. The predicted molar refractivity (Wildman–Crippen MR) is 67.7 cm³/mol. The molecule has 0 heterocycles. The summed E-state index contributed by atoms with van der Waals surface area (Å²) >= 11 is 0. The fourth-order valence-corrected chi connectivity index (χ4v) is 2.01. The van der Waals surface area contributed by atoms with Gasteiger partial charge in [-0.1, -0.05) is 13.8 Å². The molecule has 0 aliphatic rings. The molecular weight excluding hydrogens is 359 g/mol. The maximum Gasteiger partial charge on any atom is 0.459 e. The number of halogens is 7. The molecule has 0 saturated heterocycles. The molecule has 0 aromatic heterocycles. The number of nitrogens with one attached hydrogen (secondary N) is 1. The highest BCUT2D eigenvalue weighted by atomic mass is 32.2. The van der Waals surface area contributed by atoms with Crippen LogP contribution >= 0.6 is 0 Å². The molecule has 0 spiro atoms. The molecule has 12 heteroatoms. The maximum absolute atomic E-state index is 11.2. The molecule has 0 aliphatic heterocycles. The summed E-state index contributed by atoms with van der Waals surface area (Å²) in [6.07, 6.45) is -8.82. The second-order valence-corrected chi connectivity index (χ2v) is 6.21. The van der Waals surface area contributed by atoms with Crippen LogP contribution in [0.4, 0.5) is 30.7 Å². The molecule has 0 aromatic carbocycles. The van der Waals surface area contributed by atoms with Crippen LogP contribution in [0.15, 0.2) is 0 Å². The third-order valence-electron chi connectivity index (χ3n) is 2.56. The average Bonchev–Trinajstić information content (AvgIpc) is 2.35. The molecule has 142 valence electrons. The van der Waals surface area contributed by atoms with E-state index in [0.717, 1.165) is 25.9 Å². The van der Waals surface area contributed by atoms with E-state index in [1.54, 1.807) is 0 Å². The van der Waals surface area contributed by atoms with Crippen molar-refractivity contribution in [2.24, 2.45) is 0 Å². The van der Waals surface area contributed by atoms with Crippen molar-refractivity contribution in [2.45, 2.75) is 45.2 Å². The minimum atomic E-state index is -6.17. The van der Waals surface area contributed by atoms with Crippen LogP contribution in [0.2, 0.25) is 0 Å². The normalized spacial score (nSPS) is 13.2. The van der Waals surface area contributed by atoms with Gasteiger partial charge in [0.15, 0.2) is 0 Å². The van der Waals surface area contributed by atoms with Gasteiger partial charge in [-0.05, 0) is 12.8 Å². The zero-order valence-electron chi connectivity index (χ0n) is 12.6. The highest BCUT2D eigenvalue weighted by molar-refractivity contribution is 7.85. The van der Waals surface area contributed by atoms with Crippen molar-refractivity contribution in [1.82, 2.24) is 0 Å². The summed E-state index contributed by atoms with van der Waals surface area (Å²) in [5.41, 5.74) is 0. The molecule has 0 aromatic rings. The first-order valence-electron chi connectivity index (χ1n) is 6.68. The SMILES string of the molecule is CCC[NH+](CCC)CCS(=O)(=O)[O-].FC(F)C(F)(F)C(F)(F)F. The van der Waals surface area contributed by atoms with E-state index in [9.17, 15) is 43.7 Å². The summed E-state index contributed by atoms with van der Waals surface area (Å²) in [6.45, 7) is 6.46. The van der Waals surface area contributed by atoms with Crippen LogP contribution in [0.25, 0.3) is 0 Å². The third-order valence-corrected chi connectivity index (χ3v) is 3.27. The van der Waals surface area contributed by atoms with Gasteiger partial charge in [0.1, 0.15) is 10.1 Å². The quantitative estimate of drug-likeness (QED) is 0.516. The van der Waals surface area contributed by atoms with Crippen LogP contribution in [-0.2, 0) is 10.1 Å². The van der Waals surface area contributed by atoms with Crippen LogP contribution in [0.1, 0.15) is 26.7 Å². The van der Waals surface area contributed by atoms with Gasteiger partial charge in [0.05, 0.1) is 25.4 Å². The Bertz CT molecular complexity index is 406. The van der Waals surface area contributed by atoms with Gasteiger partial charge in [-0.2, -0.15) is 22.0 Å². The molecule has 0 rings (SSSR count). The first kappa shape index (κ1) is 24.6. The van der Waals surface area contributed by atoms with Crippen LogP contribution < -0.4 is 4.90 Å². The number of rotatable bonds is 8. The largest absolute Gasteiger partial charge is 0.748 e. The second kappa shape index (κ2) is 10.3. The Labute approximate surface area is 130 Å². The lowest BCUT2D eigenvalue weighted by Crippen LogP contribution is -3.12. The summed E-state index contributed by atoms with van der Waals surface area (Å²) in [7, 11) is -4.03. The lowest BCUT2D eigenvalue weighted by Gasteiger charge is -2.18. The molecular formula is C11H20F7NO3S. The van der Waals surface area contributed by atoms with E-state index in [0.29, 0.717) is 6.54 Å². The zero-order chi connectivity index (χ0) is 18.9. The van der Waals surface area contributed by atoms with Crippen molar-refractivity contribution in [3.8, 4) is 0 Å². The Balaban J connectivity index is 0. The molecule has 0 bridgehead atoms. The molecule has 0 radical (unpaired) electrons. The monoisotopic (exact) mass is 379 g/mol. The van der Waals surface area contributed by atoms with E-state index < -0.39 is 28.6 Å². The molecule has 1 N–H and O–H groups in total. The Morgan fingerprint density at radius 1 is 0.957 bits per heavy atom.